The molecule has 2 rings (SSSR count). The zero-order valence-electron chi connectivity index (χ0n) is 8.33. The van der Waals surface area contributed by atoms with Gasteiger partial charge in [-0.1, -0.05) is 17.7 Å². The lowest BCUT2D eigenvalue weighted by molar-refractivity contribution is 0.968. The Morgan fingerprint density at radius 2 is 1.87 bits per heavy atom. The van der Waals surface area contributed by atoms with Crippen molar-refractivity contribution in [3.05, 3.63) is 39.9 Å². The van der Waals surface area contributed by atoms with Crippen LogP contribution in [0.2, 0.25) is 10.3 Å². The first-order valence-corrected chi connectivity index (χ1v) is 5.19. The maximum absolute atomic E-state index is 6.10. The normalized spacial score (nSPS) is 10.7. The monoisotopic (exact) mass is 241 g/mol. The molecule has 15 heavy (non-hydrogen) atoms. The smallest absolute Gasteiger partial charge is 0.229 e. The Hall–Kier alpha value is -1.06. The molecule has 3 nitrogen and oxygen atoms in total. The number of hydrogen-bond acceptors (Lipinski definition) is 2. The van der Waals surface area contributed by atoms with E-state index >= 15 is 0 Å². The van der Waals surface area contributed by atoms with E-state index in [-0.39, 0.29) is 0 Å². The Morgan fingerprint density at radius 1 is 1.13 bits per heavy atom. The summed E-state index contributed by atoms with van der Waals surface area (Å²) in [7, 11) is 0. The Bertz CT molecular complexity index is 486. The largest absolute Gasteiger partial charge is 0.268 e. The van der Waals surface area contributed by atoms with Gasteiger partial charge in [-0.25, -0.2) is 0 Å². The van der Waals surface area contributed by atoms with Gasteiger partial charge in [-0.3, -0.25) is 4.57 Å². The second-order valence-corrected chi connectivity index (χ2v) is 4.05. The van der Waals surface area contributed by atoms with Gasteiger partial charge in [0, 0.05) is 0 Å². The third kappa shape index (κ3) is 1.85. The van der Waals surface area contributed by atoms with E-state index < -0.39 is 0 Å². The number of aromatic nitrogens is 3. The van der Waals surface area contributed by atoms with Gasteiger partial charge in [-0.15, -0.1) is 10.2 Å². The fourth-order valence-corrected chi connectivity index (χ4v) is 1.86. The van der Waals surface area contributed by atoms with E-state index in [0.717, 1.165) is 11.3 Å². The highest BCUT2D eigenvalue weighted by atomic mass is 35.5. The highest BCUT2D eigenvalue weighted by molar-refractivity contribution is 6.33. The minimum atomic E-state index is 0.319. The Balaban J connectivity index is 2.68. The molecule has 0 saturated heterocycles. The van der Waals surface area contributed by atoms with Gasteiger partial charge < -0.3 is 0 Å². The van der Waals surface area contributed by atoms with E-state index in [0.29, 0.717) is 16.1 Å². The summed E-state index contributed by atoms with van der Waals surface area (Å²) in [6.07, 6.45) is 0. The standard InChI is InChI=1S/C10H9Cl2N3/c1-6-3-4-8(11)9(5-6)15-7(2)13-14-10(15)12/h3-5H,1-2H3. The first-order valence-electron chi connectivity index (χ1n) is 4.43. The summed E-state index contributed by atoms with van der Waals surface area (Å²) in [6.45, 7) is 3.82. The van der Waals surface area contributed by atoms with Crippen LogP contribution >= 0.6 is 23.2 Å². The van der Waals surface area contributed by atoms with Crippen molar-refractivity contribution in [2.24, 2.45) is 0 Å². The molecule has 2 aromatic rings. The average molecular weight is 242 g/mol. The fraction of sp³-hybridized carbons (Fsp3) is 0.200. The van der Waals surface area contributed by atoms with E-state index in [1.807, 2.05) is 32.0 Å². The molecular weight excluding hydrogens is 233 g/mol. The highest BCUT2D eigenvalue weighted by Crippen LogP contribution is 2.25. The molecule has 0 amide bonds. The zero-order chi connectivity index (χ0) is 11.0. The Kier molecular flexibility index (Phi) is 2.67. The van der Waals surface area contributed by atoms with Crippen LogP contribution in [0.5, 0.6) is 0 Å². The summed E-state index contributed by atoms with van der Waals surface area (Å²) in [6, 6.07) is 5.73. The number of rotatable bonds is 1. The van der Waals surface area contributed by atoms with Gasteiger partial charge in [0.1, 0.15) is 5.82 Å². The van der Waals surface area contributed by atoms with Gasteiger partial charge in [-0.05, 0) is 43.1 Å². The lowest BCUT2D eigenvalue weighted by Crippen LogP contribution is -1.98. The minimum Gasteiger partial charge on any atom is -0.268 e. The van der Waals surface area contributed by atoms with Crippen LogP contribution in [0.3, 0.4) is 0 Å². The zero-order valence-corrected chi connectivity index (χ0v) is 9.84. The van der Waals surface area contributed by atoms with Gasteiger partial charge >= 0.3 is 0 Å². The number of aryl methyl sites for hydroxylation is 2. The van der Waals surface area contributed by atoms with E-state index in [1.165, 1.54) is 0 Å². The molecular formula is C10H9Cl2N3. The molecule has 5 heteroatoms. The maximum atomic E-state index is 6.10. The van der Waals surface area contributed by atoms with Crippen LogP contribution in [0, 0.1) is 13.8 Å². The lowest BCUT2D eigenvalue weighted by atomic mass is 10.2. The topological polar surface area (TPSA) is 30.7 Å². The summed E-state index contributed by atoms with van der Waals surface area (Å²) in [4.78, 5) is 0. The summed E-state index contributed by atoms with van der Waals surface area (Å²) in [5.41, 5.74) is 1.92. The summed E-state index contributed by atoms with van der Waals surface area (Å²) in [5, 5.41) is 8.62. The molecule has 1 aromatic carbocycles. The molecule has 0 aliphatic rings. The molecule has 0 radical (unpaired) electrons. The van der Waals surface area contributed by atoms with Crippen LogP contribution in [0.15, 0.2) is 18.2 Å². The second kappa shape index (κ2) is 3.83. The second-order valence-electron chi connectivity index (χ2n) is 3.31. The first kappa shape index (κ1) is 10.5. The lowest BCUT2D eigenvalue weighted by Gasteiger charge is -2.08. The van der Waals surface area contributed by atoms with Crippen molar-refractivity contribution in [3.8, 4) is 5.69 Å². The van der Waals surface area contributed by atoms with Crippen LogP contribution in [-0.4, -0.2) is 14.8 Å². The third-order valence-corrected chi connectivity index (χ3v) is 2.69. The third-order valence-electron chi connectivity index (χ3n) is 2.13. The molecule has 0 aliphatic heterocycles. The van der Waals surface area contributed by atoms with E-state index in [9.17, 15) is 0 Å². The van der Waals surface area contributed by atoms with Crippen LogP contribution in [-0.2, 0) is 0 Å². The maximum Gasteiger partial charge on any atom is 0.229 e. The van der Waals surface area contributed by atoms with E-state index in [4.69, 9.17) is 23.2 Å². The predicted octanol–water partition coefficient (Wildman–Crippen LogP) is 3.19. The summed E-state index contributed by atoms with van der Waals surface area (Å²) >= 11 is 12.0. The number of benzene rings is 1. The minimum absolute atomic E-state index is 0.319. The molecule has 1 aromatic heterocycles. The van der Waals surface area contributed by atoms with Gasteiger partial charge in [0.15, 0.2) is 0 Å². The highest BCUT2D eigenvalue weighted by Gasteiger charge is 2.11. The van der Waals surface area contributed by atoms with Gasteiger partial charge in [0.25, 0.3) is 0 Å². The van der Waals surface area contributed by atoms with Gasteiger partial charge in [-0.2, -0.15) is 0 Å². The van der Waals surface area contributed by atoms with Crippen molar-refractivity contribution >= 4 is 23.2 Å². The molecule has 0 unspecified atom stereocenters. The molecule has 0 N–H and O–H groups in total. The van der Waals surface area contributed by atoms with Crippen LogP contribution in [0.4, 0.5) is 0 Å². The molecule has 0 bridgehead atoms. The predicted molar refractivity (Wildman–Crippen MR) is 60.9 cm³/mol. The van der Waals surface area contributed by atoms with E-state index in [2.05, 4.69) is 10.2 Å². The number of nitrogens with zero attached hydrogens (tertiary/aromatic N) is 3. The molecule has 0 atom stereocenters. The molecule has 0 fully saturated rings. The summed E-state index contributed by atoms with van der Waals surface area (Å²) in [5.74, 6) is 0.715. The van der Waals surface area contributed by atoms with Crippen molar-refractivity contribution in [3.63, 3.8) is 0 Å². The van der Waals surface area contributed by atoms with Crippen molar-refractivity contribution in [1.82, 2.24) is 14.8 Å². The summed E-state index contributed by atoms with van der Waals surface area (Å²) < 4.78 is 1.72. The fourth-order valence-electron chi connectivity index (χ4n) is 1.40. The van der Waals surface area contributed by atoms with Crippen molar-refractivity contribution in [2.45, 2.75) is 13.8 Å². The number of halogens is 2. The average Bonchev–Trinajstić information content (AvgIpc) is 2.51. The SMILES string of the molecule is Cc1ccc(Cl)c(-n2c(C)nnc2Cl)c1. The van der Waals surface area contributed by atoms with Crippen LogP contribution in [0.1, 0.15) is 11.4 Å². The van der Waals surface area contributed by atoms with Gasteiger partial charge in [0.05, 0.1) is 10.7 Å². The molecule has 0 aliphatic carbocycles. The van der Waals surface area contributed by atoms with E-state index in [1.54, 1.807) is 4.57 Å². The molecule has 0 saturated carbocycles. The molecule has 78 valence electrons. The molecule has 0 spiro atoms. The Morgan fingerprint density at radius 3 is 2.47 bits per heavy atom. The van der Waals surface area contributed by atoms with Gasteiger partial charge in [0.2, 0.25) is 5.28 Å². The number of hydrogen-bond donors (Lipinski definition) is 0. The van der Waals surface area contributed by atoms with Crippen molar-refractivity contribution in [2.75, 3.05) is 0 Å². The quantitative estimate of drug-likeness (QED) is 0.768. The first-order chi connectivity index (χ1) is 7.09. The van der Waals surface area contributed by atoms with Crippen molar-refractivity contribution < 1.29 is 0 Å². The van der Waals surface area contributed by atoms with Crippen LogP contribution in [0.25, 0.3) is 5.69 Å². The van der Waals surface area contributed by atoms with Crippen LogP contribution < -0.4 is 0 Å². The molecule has 1 heterocycles. The van der Waals surface area contributed by atoms with Crippen molar-refractivity contribution in [1.29, 1.82) is 0 Å². The Labute approximate surface area is 97.7 Å².